The van der Waals surface area contributed by atoms with E-state index in [-0.39, 0.29) is 17.9 Å². The molecule has 1 aromatic rings. The first-order valence-corrected chi connectivity index (χ1v) is 6.38. The second kappa shape index (κ2) is 4.93. The minimum Gasteiger partial charge on any atom is -0.378 e. The molecule has 1 N–H and O–H groups in total. The predicted molar refractivity (Wildman–Crippen MR) is 62.2 cm³/mol. The van der Waals surface area contributed by atoms with Crippen molar-refractivity contribution in [2.24, 2.45) is 5.92 Å². The number of amides is 1. The number of thiazole rings is 1. The van der Waals surface area contributed by atoms with E-state index in [2.05, 4.69) is 10.3 Å². The number of carbonyl (C=O) groups excluding carboxylic acids is 1. The molecule has 1 aliphatic carbocycles. The third-order valence-corrected chi connectivity index (χ3v) is 3.65. The minimum absolute atomic E-state index is 0.0631. The van der Waals surface area contributed by atoms with Gasteiger partial charge in [0.25, 0.3) is 0 Å². The van der Waals surface area contributed by atoms with E-state index >= 15 is 0 Å². The highest BCUT2D eigenvalue weighted by molar-refractivity contribution is 7.09. The Morgan fingerprint density at radius 1 is 1.75 bits per heavy atom. The molecule has 1 fully saturated rings. The summed E-state index contributed by atoms with van der Waals surface area (Å²) < 4.78 is 5.38. The Labute approximate surface area is 99.0 Å². The summed E-state index contributed by atoms with van der Waals surface area (Å²) in [5, 5.41) is 2.93. The summed E-state index contributed by atoms with van der Waals surface area (Å²) in [7, 11) is 0. The molecule has 1 aromatic heterocycles. The standard InChI is InChI=1S/C11H16N2O2S/c1-3-15-9-4-8(9)11(14)12-5-10-7(2)13-6-16-10/h6,8-9H,3-5H2,1-2H3,(H,12,14). The van der Waals surface area contributed by atoms with Gasteiger partial charge in [0.05, 0.1) is 29.8 Å². The molecule has 0 spiro atoms. The number of hydrogen-bond acceptors (Lipinski definition) is 4. The maximum Gasteiger partial charge on any atom is 0.226 e. The molecule has 88 valence electrons. The van der Waals surface area contributed by atoms with Crippen molar-refractivity contribution in [1.82, 2.24) is 10.3 Å². The zero-order chi connectivity index (χ0) is 11.5. The van der Waals surface area contributed by atoms with Crippen LogP contribution in [0.4, 0.5) is 0 Å². The number of hydrogen-bond donors (Lipinski definition) is 1. The van der Waals surface area contributed by atoms with Crippen LogP contribution in [0.2, 0.25) is 0 Å². The molecule has 0 saturated heterocycles. The van der Waals surface area contributed by atoms with Crippen LogP contribution in [0.25, 0.3) is 0 Å². The van der Waals surface area contributed by atoms with Crippen molar-refractivity contribution in [2.45, 2.75) is 32.9 Å². The molecule has 1 amide bonds. The van der Waals surface area contributed by atoms with Crippen LogP contribution in [0.15, 0.2) is 5.51 Å². The number of aryl methyl sites for hydroxylation is 1. The highest BCUT2D eigenvalue weighted by Gasteiger charge is 2.43. The van der Waals surface area contributed by atoms with E-state index in [0.29, 0.717) is 13.2 Å². The lowest BCUT2D eigenvalue weighted by molar-refractivity contribution is -0.123. The van der Waals surface area contributed by atoms with E-state index in [9.17, 15) is 4.79 Å². The molecule has 0 radical (unpaired) electrons. The molecule has 0 bridgehead atoms. The Morgan fingerprint density at radius 3 is 3.19 bits per heavy atom. The van der Waals surface area contributed by atoms with Crippen molar-refractivity contribution < 1.29 is 9.53 Å². The van der Waals surface area contributed by atoms with Gasteiger partial charge in [0.2, 0.25) is 5.91 Å². The Kier molecular flexibility index (Phi) is 3.56. The Balaban J connectivity index is 1.75. The van der Waals surface area contributed by atoms with E-state index in [1.807, 2.05) is 13.8 Å². The normalized spacial score (nSPS) is 23.1. The lowest BCUT2D eigenvalue weighted by atomic mass is 10.3. The maximum atomic E-state index is 11.7. The van der Waals surface area contributed by atoms with Gasteiger partial charge in [-0.05, 0) is 20.3 Å². The van der Waals surface area contributed by atoms with E-state index in [4.69, 9.17) is 4.74 Å². The second-order valence-electron chi connectivity index (χ2n) is 3.91. The van der Waals surface area contributed by atoms with Crippen molar-refractivity contribution in [3.8, 4) is 0 Å². The number of nitrogens with zero attached hydrogens (tertiary/aromatic N) is 1. The van der Waals surface area contributed by atoms with Crippen molar-refractivity contribution >= 4 is 17.2 Å². The van der Waals surface area contributed by atoms with Crippen LogP contribution in [0, 0.1) is 12.8 Å². The van der Waals surface area contributed by atoms with Crippen LogP contribution in [0.3, 0.4) is 0 Å². The quantitative estimate of drug-likeness (QED) is 0.848. The maximum absolute atomic E-state index is 11.7. The molecule has 16 heavy (non-hydrogen) atoms. The Hall–Kier alpha value is -0.940. The van der Waals surface area contributed by atoms with Crippen LogP contribution in [0.5, 0.6) is 0 Å². The lowest BCUT2D eigenvalue weighted by Gasteiger charge is -2.03. The molecule has 2 rings (SSSR count). The molecule has 0 aliphatic heterocycles. The van der Waals surface area contributed by atoms with Crippen LogP contribution in [0.1, 0.15) is 23.9 Å². The van der Waals surface area contributed by atoms with Crippen molar-refractivity contribution in [3.05, 3.63) is 16.1 Å². The third kappa shape index (κ3) is 2.59. The number of rotatable bonds is 5. The number of aromatic nitrogens is 1. The summed E-state index contributed by atoms with van der Waals surface area (Å²) >= 11 is 1.58. The van der Waals surface area contributed by atoms with Gasteiger partial charge in [-0.2, -0.15) is 0 Å². The summed E-state index contributed by atoms with van der Waals surface area (Å²) in [6.07, 6.45) is 1.01. The average molecular weight is 240 g/mol. The van der Waals surface area contributed by atoms with E-state index < -0.39 is 0 Å². The highest BCUT2D eigenvalue weighted by Crippen LogP contribution is 2.33. The molecular weight excluding hydrogens is 224 g/mol. The topological polar surface area (TPSA) is 51.2 Å². The predicted octanol–water partition coefficient (Wildman–Crippen LogP) is 1.49. The van der Waals surface area contributed by atoms with Crippen molar-refractivity contribution in [1.29, 1.82) is 0 Å². The van der Waals surface area contributed by atoms with Gasteiger partial charge in [0, 0.05) is 11.5 Å². The highest BCUT2D eigenvalue weighted by atomic mass is 32.1. The molecule has 1 heterocycles. The van der Waals surface area contributed by atoms with Gasteiger partial charge in [-0.1, -0.05) is 0 Å². The first kappa shape index (κ1) is 11.5. The molecule has 2 unspecified atom stereocenters. The fourth-order valence-corrected chi connectivity index (χ4v) is 2.36. The molecule has 1 saturated carbocycles. The van der Waals surface area contributed by atoms with E-state index in [1.165, 1.54) is 0 Å². The molecule has 1 aliphatic rings. The van der Waals surface area contributed by atoms with Gasteiger partial charge in [-0.25, -0.2) is 4.98 Å². The van der Waals surface area contributed by atoms with Crippen molar-refractivity contribution in [3.63, 3.8) is 0 Å². The third-order valence-electron chi connectivity index (χ3n) is 2.72. The molecule has 0 aromatic carbocycles. The Bertz CT molecular complexity index is 378. The smallest absolute Gasteiger partial charge is 0.226 e. The number of carbonyl (C=O) groups is 1. The summed E-state index contributed by atoms with van der Waals surface area (Å²) in [6, 6.07) is 0. The summed E-state index contributed by atoms with van der Waals surface area (Å²) in [6.45, 7) is 5.18. The van der Waals surface area contributed by atoms with Gasteiger partial charge in [-0.3, -0.25) is 4.79 Å². The van der Waals surface area contributed by atoms with Crippen LogP contribution < -0.4 is 5.32 Å². The van der Waals surface area contributed by atoms with Gasteiger partial charge in [0.15, 0.2) is 0 Å². The number of nitrogens with one attached hydrogen (secondary N) is 1. The van der Waals surface area contributed by atoms with Gasteiger partial charge in [-0.15, -0.1) is 11.3 Å². The first-order valence-electron chi connectivity index (χ1n) is 5.50. The monoisotopic (exact) mass is 240 g/mol. The zero-order valence-electron chi connectivity index (χ0n) is 9.53. The number of ether oxygens (including phenoxy) is 1. The van der Waals surface area contributed by atoms with Gasteiger partial charge >= 0.3 is 0 Å². The fraction of sp³-hybridized carbons (Fsp3) is 0.636. The van der Waals surface area contributed by atoms with Crippen molar-refractivity contribution in [2.75, 3.05) is 6.61 Å². The Morgan fingerprint density at radius 2 is 2.56 bits per heavy atom. The molecular formula is C11H16N2O2S. The van der Waals surface area contributed by atoms with Crippen LogP contribution in [-0.4, -0.2) is 23.6 Å². The van der Waals surface area contributed by atoms with Crippen LogP contribution in [-0.2, 0) is 16.1 Å². The SMILES string of the molecule is CCOC1CC1C(=O)NCc1scnc1C. The first-order chi connectivity index (χ1) is 7.72. The fourth-order valence-electron chi connectivity index (χ4n) is 1.64. The summed E-state index contributed by atoms with van der Waals surface area (Å²) in [5.74, 6) is 0.166. The van der Waals surface area contributed by atoms with Gasteiger partial charge in [0.1, 0.15) is 0 Å². The van der Waals surface area contributed by atoms with E-state index in [0.717, 1.165) is 17.0 Å². The molecule has 4 nitrogen and oxygen atoms in total. The molecule has 5 heteroatoms. The van der Waals surface area contributed by atoms with Crippen LogP contribution >= 0.6 is 11.3 Å². The van der Waals surface area contributed by atoms with Gasteiger partial charge < -0.3 is 10.1 Å². The summed E-state index contributed by atoms with van der Waals surface area (Å²) in [4.78, 5) is 17.0. The molecule has 2 atom stereocenters. The van der Waals surface area contributed by atoms with E-state index in [1.54, 1.807) is 16.8 Å². The second-order valence-corrected chi connectivity index (χ2v) is 4.85. The largest absolute Gasteiger partial charge is 0.378 e. The lowest BCUT2D eigenvalue weighted by Crippen LogP contribution is -2.25. The summed E-state index contributed by atoms with van der Waals surface area (Å²) in [5.41, 5.74) is 2.80. The average Bonchev–Trinajstić information content (AvgIpc) is 2.91. The minimum atomic E-state index is 0.0631. The zero-order valence-corrected chi connectivity index (χ0v) is 10.3.